The molecule has 1 fully saturated rings. The zero-order valence-corrected chi connectivity index (χ0v) is 20.1. The molecular weight excluding hydrogens is 449 g/mol. The van der Waals surface area contributed by atoms with Crippen LogP contribution in [0.2, 0.25) is 10.0 Å². The molecule has 0 bridgehead atoms. The van der Waals surface area contributed by atoms with Crippen molar-refractivity contribution < 1.29 is 19.4 Å². The molecular formula is C25H29Cl2NO4. The Kier molecular flexibility index (Phi) is 7.86. The SMILES string of the molecule is CCC(COC)N1C(=O)[C@@](C)(CC(=O)O)C[C@H](c2cccc(Cl)c2)C1c1ccc(Cl)cc1. The molecule has 0 saturated carbocycles. The van der Waals surface area contributed by atoms with Gasteiger partial charge in [-0.2, -0.15) is 0 Å². The zero-order valence-electron chi connectivity index (χ0n) is 18.6. The van der Waals surface area contributed by atoms with E-state index >= 15 is 0 Å². The quantitative estimate of drug-likeness (QED) is 0.509. The Morgan fingerprint density at radius 3 is 2.44 bits per heavy atom. The summed E-state index contributed by atoms with van der Waals surface area (Å²) in [4.78, 5) is 27.5. The van der Waals surface area contributed by atoms with E-state index in [1.54, 1.807) is 14.0 Å². The fourth-order valence-corrected chi connectivity index (χ4v) is 5.19. The number of carboxylic acids is 1. The van der Waals surface area contributed by atoms with Gasteiger partial charge >= 0.3 is 5.97 Å². The lowest BCUT2D eigenvalue weighted by molar-refractivity contribution is -0.162. The van der Waals surface area contributed by atoms with Crippen LogP contribution in [0.5, 0.6) is 0 Å². The smallest absolute Gasteiger partial charge is 0.304 e. The molecule has 2 aromatic rings. The van der Waals surface area contributed by atoms with Crippen LogP contribution >= 0.6 is 23.2 Å². The van der Waals surface area contributed by atoms with Crippen molar-refractivity contribution in [3.8, 4) is 0 Å². The first kappa shape index (κ1) is 24.6. The van der Waals surface area contributed by atoms with Crippen LogP contribution in [0.1, 0.15) is 56.2 Å². The maximum atomic E-state index is 13.9. The second-order valence-electron chi connectivity index (χ2n) is 8.72. The molecule has 1 heterocycles. The van der Waals surface area contributed by atoms with Crippen molar-refractivity contribution in [3.05, 3.63) is 69.7 Å². The number of likely N-dealkylation sites (tertiary alicyclic amines) is 1. The average Bonchev–Trinajstić information content (AvgIpc) is 2.74. The number of hydrogen-bond donors (Lipinski definition) is 1. The van der Waals surface area contributed by atoms with Gasteiger partial charge in [0.2, 0.25) is 5.91 Å². The molecule has 1 amide bonds. The summed E-state index contributed by atoms with van der Waals surface area (Å²) >= 11 is 12.5. The Morgan fingerprint density at radius 1 is 1.19 bits per heavy atom. The van der Waals surface area contributed by atoms with E-state index in [1.165, 1.54) is 0 Å². The van der Waals surface area contributed by atoms with Gasteiger partial charge in [0.25, 0.3) is 0 Å². The van der Waals surface area contributed by atoms with Gasteiger partial charge < -0.3 is 14.7 Å². The van der Waals surface area contributed by atoms with Crippen molar-refractivity contribution in [3.63, 3.8) is 0 Å². The molecule has 172 valence electrons. The number of amides is 1. The van der Waals surface area contributed by atoms with E-state index in [9.17, 15) is 14.7 Å². The molecule has 0 spiro atoms. The Hall–Kier alpha value is -2.08. The number of nitrogens with zero attached hydrogens (tertiary/aromatic N) is 1. The van der Waals surface area contributed by atoms with E-state index in [1.807, 2.05) is 60.4 Å². The molecule has 4 atom stereocenters. The van der Waals surface area contributed by atoms with Gasteiger partial charge in [-0.05, 0) is 48.2 Å². The summed E-state index contributed by atoms with van der Waals surface area (Å²) < 4.78 is 5.46. The fourth-order valence-electron chi connectivity index (χ4n) is 4.87. The third kappa shape index (κ3) is 5.11. The van der Waals surface area contributed by atoms with Crippen LogP contribution in [-0.2, 0) is 14.3 Å². The summed E-state index contributed by atoms with van der Waals surface area (Å²) in [7, 11) is 1.61. The highest BCUT2D eigenvalue weighted by Gasteiger charge is 2.52. The summed E-state index contributed by atoms with van der Waals surface area (Å²) in [5.74, 6) is -1.31. The number of methoxy groups -OCH3 is 1. The summed E-state index contributed by atoms with van der Waals surface area (Å²) in [5, 5.41) is 10.8. The van der Waals surface area contributed by atoms with Crippen molar-refractivity contribution in [1.82, 2.24) is 4.90 Å². The number of halogens is 2. The first-order valence-corrected chi connectivity index (χ1v) is 11.5. The van der Waals surface area contributed by atoms with Crippen LogP contribution in [0.4, 0.5) is 0 Å². The van der Waals surface area contributed by atoms with E-state index in [0.29, 0.717) is 29.5 Å². The van der Waals surface area contributed by atoms with Crippen molar-refractivity contribution in [2.24, 2.45) is 5.41 Å². The third-order valence-corrected chi connectivity index (χ3v) is 6.84. The first-order chi connectivity index (χ1) is 15.2. The summed E-state index contributed by atoms with van der Waals surface area (Å²) in [6, 6.07) is 14.6. The number of aliphatic carboxylic acids is 1. The highest BCUT2D eigenvalue weighted by molar-refractivity contribution is 6.30. The molecule has 1 saturated heterocycles. The third-order valence-electron chi connectivity index (χ3n) is 6.36. The summed E-state index contributed by atoms with van der Waals surface area (Å²) in [6.45, 7) is 4.12. The predicted octanol–water partition coefficient (Wildman–Crippen LogP) is 5.96. The lowest BCUT2D eigenvalue weighted by Gasteiger charge is -2.51. The van der Waals surface area contributed by atoms with Crippen LogP contribution in [-0.4, -0.2) is 41.6 Å². The lowest BCUT2D eigenvalue weighted by Crippen LogP contribution is -2.57. The standard InChI is InChI=1S/C25H29Cl2NO4/c1-4-20(15-32-3)28-23(16-8-10-18(26)11-9-16)21(17-6-5-7-19(27)12-17)13-25(2,24(28)31)14-22(29)30/h5-12,20-21,23H,4,13-15H2,1-3H3,(H,29,30)/t20?,21-,23?,25-/m1/s1. The number of rotatable bonds is 8. The molecule has 32 heavy (non-hydrogen) atoms. The van der Waals surface area contributed by atoms with E-state index in [4.69, 9.17) is 27.9 Å². The second-order valence-corrected chi connectivity index (χ2v) is 9.60. The molecule has 5 nitrogen and oxygen atoms in total. The van der Waals surface area contributed by atoms with E-state index in [2.05, 4.69) is 0 Å². The molecule has 7 heteroatoms. The molecule has 2 unspecified atom stereocenters. The van der Waals surface area contributed by atoms with Crippen molar-refractivity contribution in [1.29, 1.82) is 0 Å². The molecule has 3 rings (SSSR count). The van der Waals surface area contributed by atoms with Gasteiger partial charge in [-0.1, -0.05) is 61.3 Å². The topological polar surface area (TPSA) is 66.8 Å². The predicted molar refractivity (Wildman–Crippen MR) is 126 cm³/mol. The first-order valence-electron chi connectivity index (χ1n) is 10.7. The minimum atomic E-state index is -1.05. The Bertz CT molecular complexity index is 965. The van der Waals surface area contributed by atoms with Crippen LogP contribution < -0.4 is 0 Å². The Balaban J connectivity index is 2.22. The minimum absolute atomic E-state index is 0.150. The highest BCUT2D eigenvalue weighted by atomic mass is 35.5. The number of carboxylic acid groups (broad SMARTS) is 1. The summed E-state index contributed by atoms with van der Waals surface area (Å²) in [5.41, 5.74) is 0.863. The average molecular weight is 478 g/mol. The zero-order chi connectivity index (χ0) is 23.5. The molecule has 0 aromatic heterocycles. The van der Waals surface area contributed by atoms with E-state index in [-0.39, 0.29) is 30.3 Å². The molecule has 1 N–H and O–H groups in total. The number of carbonyl (C=O) groups excluding carboxylic acids is 1. The number of piperidine rings is 1. The van der Waals surface area contributed by atoms with E-state index in [0.717, 1.165) is 11.1 Å². The second kappa shape index (κ2) is 10.2. The monoisotopic (exact) mass is 477 g/mol. The van der Waals surface area contributed by atoms with Crippen molar-refractivity contribution in [2.75, 3.05) is 13.7 Å². The Morgan fingerprint density at radius 2 is 1.88 bits per heavy atom. The highest BCUT2D eigenvalue weighted by Crippen LogP contribution is 2.52. The molecule has 2 aromatic carbocycles. The van der Waals surface area contributed by atoms with E-state index < -0.39 is 11.4 Å². The van der Waals surface area contributed by atoms with Crippen molar-refractivity contribution >= 4 is 35.1 Å². The molecule has 0 radical (unpaired) electrons. The van der Waals surface area contributed by atoms with Crippen LogP contribution in [0.25, 0.3) is 0 Å². The summed E-state index contributed by atoms with van der Waals surface area (Å²) in [6.07, 6.45) is 0.830. The Labute approximate surface area is 199 Å². The van der Waals surface area contributed by atoms with Gasteiger partial charge in [0.15, 0.2) is 0 Å². The molecule has 1 aliphatic rings. The van der Waals surface area contributed by atoms with Crippen LogP contribution in [0.3, 0.4) is 0 Å². The van der Waals surface area contributed by atoms with Gasteiger partial charge in [0, 0.05) is 23.1 Å². The number of hydrogen-bond acceptors (Lipinski definition) is 3. The number of carbonyl (C=O) groups is 2. The minimum Gasteiger partial charge on any atom is -0.481 e. The van der Waals surface area contributed by atoms with Gasteiger partial charge in [0.05, 0.1) is 30.5 Å². The lowest BCUT2D eigenvalue weighted by atomic mass is 9.67. The molecule has 1 aliphatic heterocycles. The number of benzene rings is 2. The van der Waals surface area contributed by atoms with Gasteiger partial charge in [-0.3, -0.25) is 9.59 Å². The number of ether oxygens (including phenoxy) is 1. The maximum absolute atomic E-state index is 13.9. The van der Waals surface area contributed by atoms with Crippen LogP contribution in [0.15, 0.2) is 48.5 Å². The van der Waals surface area contributed by atoms with Gasteiger partial charge in [0.1, 0.15) is 0 Å². The normalized spacial score (nSPS) is 24.4. The van der Waals surface area contributed by atoms with Crippen molar-refractivity contribution in [2.45, 2.75) is 51.1 Å². The van der Waals surface area contributed by atoms with Crippen LogP contribution in [0, 0.1) is 5.41 Å². The van der Waals surface area contributed by atoms with Gasteiger partial charge in [-0.25, -0.2) is 0 Å². The fraction of sp³-hybridized carbons (Fsp3) is 0.440. The molecule has 0 aliphatic carbocycles. The largest absolute Gasteiger partial charge is 0.481 e. The maximum Gasteiger partial charge on any atom is 0.304 e. The van der Waals surface area contributed by atoms with Gasteiger partial charge in [-0.15, -0.1) is 0 Å².